The Bertz CT molecular complexity index is 566. The van der Waals surface area contributed by atoms with Crippen molar-refractivity contribution in [2.45, 2.75) is 33.2 Å². The zero-order valence-corrected chi connectivity index (χ0v) is 13.2. The smallest absolute Gasteiger partial charge is 0.358 e. The predicted octanol–water partition coefficient (Wildman–Crippen LogP) is 2.72. The molecule has 0 saturated carbocycles. The molecule has 0 amide bonds. The number of thiazole rings is 1. The van der Waals surface area contributed by atoms with E-state index in [1.807, 2.05) is 19.4 Å². The summed E-state index contributed by atoms with van der Waals surface area (Å²) >= 11 is 1.49. The molecule has 0 aliphatic rings. The fraction of sp³-hybridized carbons (Fsp3) is 0.500. The van der Waals surface area contributed by atoms with Crippen LogP contribution < -0.4 is 5.32 Å². The number of rotatable bonds is 8. The zero-order valence-electron chi connectivity index (χ0n) is 12.3. The highest BCUT2D eigenvalue weighted by Gasteiger charge is 2.15. The van der Waals surface area contributed by atoms with Crippen molar-refractivity contribution in [1.82, 2.24) is 14.5 Å². The summed E-state index contributed by atoms with van der Waals surface area (Å²) in [7, 11) is 0. The van der Waals surface area contributed by atoms with E-state index in [0.717, 1.165) is 35.9 Å². The summed E-state index contributed by atoms with van der Waals surface area (Å²) < 4.78 is 7.04. The van der Waals surface area contributed by atoms with Crippen LogP contribution in [0.15, 0.2) is 18.7 Å². The lowest BCUT2D eigenvalue weighted by atomic mass is 10.3. The summed E-state index contributed by atoms with van der Waals surface area (Å²) in [5.74, 6) is -0.348. The molecule has 0 aromatic carbocycles. The van der Waals surface area contributed by atoms with Crippen molar-refractivity contribution in [3.63, 3.8) is 0 Å². The van der Waals surface area contributed by atoms with Crippen LogP contribution in [-0.4, -0.2) is 33.7 Å². The number of esters is 1. The molecule has 2 heterocycles. The molecule has 2 aromatic heterocycles. The van der Waals surface area contributed by atoms with Gasteiger partial charge in [0.25, 0.3) is 0 Å². The third-order valence-electron chi connectivity index (χ3n) is 2.94. The van der Waals surface area contributed by atoms with Gasteiger partial charge in [-0.2, -0.15) is 0 Å². The maximum Gasteiger partial charge on any atom is 0.358 e. The van der Waals surface area contributed by atoms with Crippen molar-refractivity contribution in [2.24, 2.45) is 0 Å². The highest BCUT2D eigenvalue weighted by molar-refractivity contribution is 7.15. The molecule has 0 spiro atoms. The number of imidazole rings is 1. The lowest BCUT2D eigenvalue weighted by molar-refractivity contribution is 0.0519. The first-order chi connectivity index (χ1) is 10.2. The Hall–Kier alpha value is -1.89. The second-order valence-electron chi connectivity index (χ2n) is 4.58. The molecule has 6 nitrogen and oxygen atoms in total. The number of ether oxygens (including phenoxy) is 1. The minimum atomic E-state index is -0.348. The molecule has 2 rings (SSSR count). The average molecular weight is 308 g/mol. The number of carbonyl (C=O) groups excluding carboxylic acids is 1. The minimum absolute atomic E-state index is 0.348. The lowest BCUT2D eigenvalue weighted by Crippen LogP contribution is -2.07. The van der Waals surface area contributed by atoms with Crippen molar-refractivity contribution < 1.29 is 9.53 Å². The maximum absolute atomic E-state index is 11.7. The summed E-state index contributed by atoms with van der Waals surface area (Å²) in [6.07, 6.45) is 7.67. The maximum atomic E-state index is 11.7. The van der Waals surface area contributed by atoms with Gasteiger partial charge in [-0.1, -0.05) is 0 Å². The first kappa shape index (κ1) is 15.5. The van der Waals surface area contributed by atoms with Crippen LogP contribution in [0.3, 0.4) is 0 Å². The Kier molecular flexibility index (Phi) is 5.74. The predicted molar refractivity (Wildman–Crippen MR) is 82.8 cm³/mol. The molecule has 0 aliphatic carbocycles. The number of aromatic nitrogens is 3. The van der Waals surface area contributed by atoms with Gasteiger partial charge in [0.15, 0.2) is 10.8 Å². The van der Waals surface area contributed by atoms with E-state index < -0.39 is 0 Å². The molecule has 1 N–H and O–H groups in total. The number of unbranched alkanes of at least 4 members (excludes halogenated alkanes) is 1. The third-order valence-corrected chi connectivity index (χ3v) is 3.87. The topological polar surface area (TPSA) is 69.0 Å². The van der Waals surface area contributed by atoms with Crippen LogP contribution >= 0.6 is 11.3 Å². The van der Waals surface area contributed by atoms with Gasteiger partial charge in [0.2, 0.25) is 0 Å². The van der Waals surface area contributed by atoms with E-state index in [1.54, 1.807) is 13.1 Å². The summed E-state index contributed by atoms with van der Waals surface area (Å²) in [6, 6.07) is 0. The van der Waals surface area contributed by atoms with Crippen LogP contribution in [0.1, 0.15) is 35.1 Å². The van der Waals surface area contributed by atoms with Crippen molar-refractivity contribution in [1.29, 1.82) is 0 Å². The van der Waals surface area contributed by atoms with E-state index in [9.17, 15) is 4.79 Å². The van der Waals surface area contributed by atoms with Crippen molar-refractivity contribution >= 4 is 22.4 Å². The van der Waals surface area contributed by atoms with E-state index in [-0.39, 0.29) is 5.97 Å². The summed E-state index contributed by atoms with van der Waals surface area (Å²) in [5.41, 5.74) is 0.419. The molecule has 114 valence electrons. The summed E-state index contributed by atoms with van der Waals surface area (Å²) in [6.45, 7) is 5.84. The molecular formula is C14H20N4O2S. The van der Waals surface area contributed by atoms with Crippen LogP contribution in [-0.2, 0) is 11.3 Å². The fourth-order valence-electron chi connectivity index (χ4n) is 1.89. The van der Waals surface area contributed by atoms with Gasteiger partial charge in [0, 0.05) is 30.4 Å². The summed E-state index contributed by atoms with van der Waals surface area (Å²) in [5, 5.41) is 4.03. The van der Waals surface area contributed by atoms with E-state index >= 15 is 0 Å². The number of anilines is 1. The van der Waals surface area contributed by atoms with Crippen molar-refractivity contribution in [3.05, 3.63) is 29.3 Å². The number of hydrogen-bond donors (Lipinski definition) is 1. The monoisotopic (exact) mass is 308 g/mol. The third kappa shape index (κ3) is 4.56. The number of carbonyl (C=O) groups is 1. The van der Waals surface area contributed by atoms with Gasteiger partial charge in [0.1, 0.15) is 0 Å². The molecule has 21 heavy (non-hydrogen) atoms. The second kappa shape index (κ2) is 7.78. The highest BCUT2D eigenvalue weighted by Crippen LogP contribution is 2.22. The van der Waals surface area contributed by atoms with Crippen LogP contribution in [0.4, 0.5) is 5.13 Å². The molecule has 2 aromatic rings. The number of aryl methyl sites for hydroxylation is 2. The highest BCUT2D eigenvalue weighted by atomic mass is 32.1. The quantitative estimate of drug-likeness (QED) is 0.600. The first-order valence-corrected chi connectivity index (χ1v) is 7.86. The van der Waals surface area contributed by atoms with E-state index in [1.165, 1.54) is 11.3 Å². The Morgan fingerprint density at radius 2 is 2.33 bits per heavy atom. The molecule has 0 bridgehead atoms. The molecule has 0 aliphatic heterocycles. The van der Waals surface area contributed by atoms with Gasteiger partial charge in [-0.15, -0.1) is 11.3 Å². The van der Waals surface area contributed by atoms with Crippen LogP contribution in [0.25, 0.3) is 0 Å². The van der Waals surface area contributed by atoms with Gasteiger partial charge in [-0.05, 0) is 26.7 Å². The molecule has 0 fully saturated rings. The van der Waals surface area contributed by atoms with E-state index in [0.29, 0.717) is 12.3 Å². The van der Waals surface area contributed by atoms with Gasteiger partial charge in [0.05, 0.1) is 12.9 Å². The SMILES string of the molecule is CCOC(=O)c1nc(NCCCCn2ccnc2)sc1C. The average Bonchev–Trinajstić information content (AvgIpc) is 3.08. The number of hydrogen-bond acceptors (Lipinski definition) is 6. The Morgan fingerprint density at radius 1 is 1.48 bits per heavy atom. The number of nitrogens with one attached hydrogen (secondary N) is 1. The van der Waals surface area contributed by atoms with Gasteiger partial charge in [-0.3, -0.25) is 0 Å². The number of nitrogens with zero attached hydrogens (tertiary/aromatic N) is 3. The van der Waals surface area contributed by atoms with E-state index in [4.69, 9.17) is 4.74 Å². The standard InChI is InChI=1S/C14H20N4O2S/c1-3-20-13(19)12-11(2)21-14(17-12)16-6-4-5-8-18-9-7-15-10-18/h7,9-10H,3-6,8H2,1-2H3,(H,16,17). The van der Waals surface area contributed by atoms with Crippen LogP contribution in [0, 0.1) is 6.92 Å². The van der Waals surface area contributed by atoms with Crippen molar-refractivity contribution in [3.8, 4) is 0 Å². The molecule has 0 saturated heterocycles. The van der Waals surface area contributed by atoms with Gasteiger partial charge < -0.3 is 14.6 Å². The Morgan fingerprint density at radius 3 is 3.05 bits per heavy atom. The Labute approximate surface area is 128 Å². The second-order valence-corrected chi connectivity index (χ2v) is 5.78. The first-order valence-electron chi connectivity index (χ1n) is 7.05. The van der Waals surface area contributed by atoms with Crippen LogP contribution in [0.2, 0.25) is 0 Å². The van der Waals surface area contributed by atoms with Gasteiger partial charge in [-0.25, -0.2) is 14.8 Å². The summed E-state index contributed by atoms with van der Waals surface area (Å²) in [4.78, 5) is 20.9. The largest absolute Gasteiger partial charge is 0.461 e. The Balaban J connectivity index is 1.73. The lowest BCUT2D eigenvalue weighted by Gasteiger charge is -2.03. The minimum Gasteiger partial charge on any atom is -0.461 e. The van der Waals surface area contributed by atoms with Gasteiger partial charge >= 0.3 is 5.97 Å². The molecule has 0 atom stereocenters. The molecule has 0 unspecified atom stereocenters. The zero-order chi connectivity index (χ0) is 15.1. The normalized spacial score (nSPS) is 10.6. The van der Waals surface area contributed by atoms with Crippen LogP contribution in [0.5, 0.6) is 0 Å². The molecule has 0 radical (unpaired) electrons. The van der Waals surface area contributed by atoms with Crippen molar-refractivity contribution in [2.75, 3.05) is 18.5 Å². The van der Waals surface area contributed by atoms with E-state index in [2.05, 4.69) is 19.9 Å². The molecular weight excluding hydrogens is 288 g/mol. The fourth-order valence-corrected chi connectivity index (χ4v) is 2.72. The molecule has 7 heteroatoms.